The fourth-order valence-electron chi connectivity index (χ4n) is 3.80. The van der Waals surface area contributed by atoms with E-state index in [4.69, 9.17) is 24.8 Å². The highest BCUT2D eigenvalue weighted by Crippen LogP contribution is 2.28. The van der Waals surface area contributed by atoms with Crippen molar-refractivity contribution in [3.05, 3.63) is 40.1 Å². The van der Waals surface area contributed by atoms with Crippen molar-refractivity contribution in [1.82, 2.24) is 24.3 Å². The summed E-state index contributed by atoms with van der Waals surface area (Å²) in [6.45, 7) is 11.2. The molecular weight excluding hydrogens is 544 g/mol. The molecule has 214 valence electrons. The summed E-state index contributed by atoms with van der Waals surface area (Å²) >= 11 is 1.78. The van der Waals surface area contributed by atoms with Crippen LogP contribution in [0.5, 0.6) is 0 Å². The van der Waals surface area contributed by atoms with Gasteiger partial charge in [-0.05, 0) is 36.4 Å². The zero-order chi connectivity index (χ0) is 28.7. The monoisotopic (exact) mass is 573 g/mol. The van der Waals surface area contributed by atoms with Gasteiger partial charge in [0, 0.05) is 58.6 Å². The maximum Gasteiger partial charge on any atom is 0.490 e. The first-order valence-electron chi connectivity index (χ1n) is 11.4. The highest BCUT2D eigenvalue weighted by Gasteiger charge is 2.39. The molecule has 1 atom stereocenters. The van der Waals surface area contributed by atoms with Crippen LogP contribution in [0.25, 0.3) is 0 Å². The van der Waals surface area contributed by atoms with Gasteiger partial charge < -0.3 is 19.7 Å². The summed E-state index contributed by atoms with van der Waals surface area (Å²) < 4.78 is 65.9. The second kappa shape index (κ2) is 13.4. The smallest absolute Gasteiger partial charge is 0.475 e. The van der Waals surface area contributed by atoms with Crippen LogP contribution in [0.1, 0.15) is 30.0 Å². The van der Waals surface area contributed by atoms with E-state index in [0.29, 0.717) is 6.04 Å². The Balaban J connectivity index is 0.000000301. The number of carboxylic acid groups (broad SMARTS) is 2. The van der Waals surface area contributed by atoms with Crippen molar-refractivity contribution in [3.63, 3.8) is 0 Å². The molecule has 4 heterocycles. The van der Waals surface area contributed by atoms with Crippen molar-refractivity contribution in [2.75, 3.05) is 39.8 Å². The molecular formula is C22H29F6N5O4S. The molecule has 0 aliphatic carbocycles. The lowest BCUT2D eigenvalue weighted by Crippen LogP contribution is -2.44. The minimum atomic E-state index is -5.08. The molecule has 2 aliphatic heterocycles. The summed E-state index contributed by atoms with van der Waals surface area (Å²) in [5.41, 5.74) is 2.81. The minimum Gasteiger partial charge on any atom is -0.475 e. The third-order valence-corrected chi connectivity index (χ3v) is 6.67. The average Bonchev–Trinajstić information content (AvgIpc) is 3.47. The molecule has 0 radical (unpaired) electrons. The van der Waals surface area contributed by atoms with Crippen LogP contribution < -0.4 is 0 Å². The van der Waals surface area contributed by atoms with Crippen molar-refractivity contribution >= 4 is 23.3 Å². The number of rotatable bonds is 4. The summed E-state index contributed by atoms with van der Waals surface area (Å²) in [5.74, 6) is -4.28. The van der Waals surface area contributed by atoms with Gasteiger partial charge in [-0.2, -0.15) is 37.7 Å². The van der Waals surface area contributed by atoms with Crippen molar-refractivity contribution in [2.45, 2.75) is 45.0 Å². The molecule has 0 aromatic carbocycles. The number of hydrogen-bond donors (Lipinski definition) is 2. The lowest BCUT2D eigenvalue weighted by atomic mass is 10.2. The van der Waals surface area contributed by atoms with Gasteiger partial charge in [0.1, 0.15) is 5.82 Å². The number of fused-ring (bicyclic) bond motifs is 1. The predicted molar refractivity (Wildman–Crippen MR) is 126 cm³/mol. The standard InChI is InChI=1S/C18H27N5S.2C2HF3O2/c1-15-18-19-11-17(13-21-6-4-20(2)5-7-21)23(18)9-8-22(15)12-16-3-10-24-14-16;2*3-2(4,5)1(6)7/h3,10-11,14-15H,4-9,12-13H2,1-2H3;2*(H,6,7). The van der Waals surface area contributed by atoms with Gasteiger partial charge in [-0.3, -0.25) is 9.80 Å². The number of aliphatic carboxylic acids is 2. The molecule has 0 saturated carbocycles. The maximum absolute atomic E-state index is 10.6. The lowest BCUT2D eigenvalue weighted by molar-refractivity contribution is -0.193. The van der Waals surface area contributed by atoms with Gasteiger partial charge in [-0.15, -0.1) is 0 Å². The van der Waals surface area contributed by atoms with Crippen LogP contribution in [0, 0.1) is 0 Å². The van der Waals surface area contributed by atoms with E-state index in [2.05, 4.69) is 56.3 Å². The van der Waals surface area contributed by atoms with E-state index in [1.807, 2.05) is 0 Å². The fourth-order valence-corrected chi connectivity index (χ4v) is 4.46. The second-order valence-electron chi connectivity index (χ2n) is 8.72. The van der Waals surface area contributed by atoms with Crippen molar-refractivity contribution < 1.29 is 46.1 Å². The SMILES string of the molecule is CC1c2ncc(CN3CCN(C)CC3)n2CCN1Cc1ccsc1.O=C(O)C(F)(F)F.O=C(O)C(F)(F)F. The highest BCUT2D eigenvalue weighted by atomic mass is 32.1. The lowest BCUT2D eigenvalue weighted by Gasteiger charge is -2.35. The van der Waals surface area contributed by atoms with E-state index in [1.54, 1.807) is 11.3 Å². The Morgan fingerprint density at radius 3 is 2.00 bits per heavy atom. The molecule has 2 N–H and O–H groups in total. The molecule has 2 aromatic rings. The number of piperazine rings is 1. The molecule has 0 amide bonds. The Morgan fingerprint density at radius 2 is 1.53 bits per heavy atom. The van der Waals surface area contributed by atoms with Crippen LogP contribution in [0.2, 0.25) is 0 Å². The maximum atomic E-state index is 10.6. The normalized spacial score (nSPS) is 19.0. The Labute approximate surface area is 218 Å². The van der Waals surface area contributed by atoms with Crippen LogP contribution in [0.15, 0.2) is 23.0 Å². The van der Waals surface area contributed by atoms with Gasteiger partial charge in [0.25, 0.3) is 0 Å². The Bertz CT molecular complexity index is 1010. The predicted octanol–water partition coefficient (Wildman–Crippen LogP) is 3.54. The summed E-state index contributed by atoms with van der Waals surface area (Å²) in [7, 11) is 2.21. The molecule has 1 unspecified atom stereocenters. The first-order chi connectivity index (χ1) is 17.6. The van der Waals surface area contributed by atoms with Gasteiger partial charge in [-0.1, -0.05) is 0 Å². The molecule has 0 bridgehead atoms. The second-order valence-corrected chi connectivity index (χ2v) is 9.50. The van der Waals surface area contributed by atoms with Gasteiger partial charge >= 0.3 is 24.3 Å². The van der Waals surface area contributed by atoms with Gasteiger partial charge in [-0.25, -0.2) is 14.6 Å². The molecule has 2 aliphatic rings. The van der Waals surface area contributed by atoms with E-state index < -0.39 is 24.3 Å². The van der Waals surface area contributed by atoms with E-state index in [9.17, 15) is 26.3 Å². The van der Waals surface area contributed by atoms with Crippen molar-refractivity contribution in [1.29, 1.82) is 0 Å². The fraction of sp³-hybridized carbons (Fsp3) is 0.591. The van der Waals surface area contributed by atoms with Crippen LogP contribution in [-0.4, -0.2) is 98.5 Å². The first kappa shape index (κ1) is 31.5. The minimum absolute atomic E-state index is 0.389. The molecule has 2 aromatic heterocycles. The number of nitrogens with zero attached hydrogens (tertiary/aromatic N) is 5. The van der Waals surface area contributed by atoms with Crippen LogP contribution >= 0.6 is 11.3 Å². The van der Waals surface area contributed by atoms with Crippen LogP contribution in [0.3, 0.4) is 0 Å². The number of likely N-dealkylation sites (N-methyl/N-ethyl adjacent to an activating group) is 1. The zero-order valence-corrected chi connectivity index (χ0v) is 21.5. The molecule has 16 heteroatoms. The van der Waals surface area contributed by atoms with E-state index in [-0.39, 0.29) is 0 Å². The quantitative estimate of drug-likeness (QED) is 0.536. The van der Waals surface area contributed by atoms with E-state index in [0.717, 1.165) is 39.3 Å². The number of hydrogen-bond acceptors (Lipinski definition) is 7. The summed E-state index contributed by atoms with van der Waals surface area (Å²) in [5, 5.41) is 18.7. The molecule has 9 nitrogen and oxygen atoms in total. The number of halogens is 6. The van der Waals surface area contributed by atoms with Gasteiger partial charge in [0.15, 0.2) is 0 Å². The van der Waals surface area contributed by atoms with Crippen LogP contribution in [0.4, 0.5) is 26.3 Å². The number of alkyl halides is 6. The molecule has 0 spiro atoms. The third kappa shape index (κ3) is 9.56. The molecule has 38 heavy (non-hydrogen) atoms. The molecule has 1 fully saturated rings. The number of thiophene rings is 1. The van der Waals surface area contributed by atoms with E-state index >= 15 is 0 Å². The van der Waals surface area contributed by atoms with Crippen molar-refractivity contribution in [2.24, 2.45) is 0 Å². The Hall–Kier alpha value is -2.69. The summed E-state index contributed by atoms with van der Waals surface area (Å²) in [6, 6.07) is 2.62. The largest absolute Gasteiger partial charge is 0.490 e. The third-order valence-electron chi connectivity index (χ3n) is 5.93. The van der Waals surface area contributed by atoms with E-state index in [1.165, 1.54) is 30.2 Å². The average molecular weight is 574 g/mol. The highest BCUT2D eigenvalue weighted by molar-refractivity contribution is 7.07. The Morgan fingerprint density at radius 1 is 0.974 bits per heavy atom. The number of imidazole rings is 1. The number of carbonyl (C=O) groups is 2. The zero-order valence-electron chi connectivity index (χ0n) is 20.7. The molecule has 4 rings (SSSR count). The summed E-state index contributed by atoms with van der Waals surface area (Å²) in [4.78, 5) is 30.1. The number of aromatic nitrogens is 2. The Kier molecular flexibility index (Phi) is 11.1. The summed E-state index contributed by atoms with van der Waals surface area (Å²) in [6.07, 6.45) is -8.06. The van der Waals surface area contributed by atoms with Gasteiger partial charge in [0.05, 0.1) is 11.7 Å². The number of carboxylic acids is 2. The topological polar surface area (TPSA) is 102 Å². The van der Waals surface area contributed by atoms with Crippen molar-refractivity contribution in [3.8, 4) is 0 Å². The van der Waals surface area contributed by atoms with Crippen LogP contribution in [-0.2, 0) is 29.2 Å². The van der Waals surface area contributed by atoms with Gasteiger partial charge in [0.2, 0.25) is 0 Å². The molecule has 1 saturated heterocycles. The first-order valence-corrected chi connectivity index (χ1v) is 12.3.